The van der Waals surface area contributed by atoms with Gasteiger partial charge in [-0.15, -0.1) is 0 Å². The highest BCUT2D eigenvalue weighted by molar-refractivity contribution is 5.30. The average Bonchev–Trinajstić information content (AvgIpc) is 3.03. The molecule has 0 unspecified atom stereocenters. The van der Waals surface area contributed by atoms with Gasteiger partial charge in [0.1, 0.15) is 41.9 Å². The minimum atomic E-state index is -1.78. The monoisotopic (exact) mass is 570 g/mol. The molecule has 1 saturated carbocycles. The molecule has 5 rings (SSSR count). The first-order chi connectivity index (χ1) is 20.5. The van der Waals surface area contributed by atoms with E-state index in [1.54, 1.807) is 7.11 Å². The van der Waals surface area contributed by atoms with E-state index in [2.05, 4.69) is 0 Å². The van der Waals surface area contributed by atoms with Crippen molar-refractivity contribution in [1.29, 1.82) is 0 Å². The molecule has 42 heavy (non-hydrogen) atoms. The van der Waals surface area contributed by atoms with E-state index in [1.807, 2.05) is 115 Å². The van der Waals surface area contributed by atoms with Gasteiger partial charge in [-0.25, -0.2) is 0 Å². The summed E-state index contributed by atoms with van der Waals surface area (Å²) < 4.78 is 24.3. The van der Waals surface area contributed by atoms with Crippen molar-refractivity contribution in [2.45, 2.75) is 62.4 Å². The molecule has 0 heterocycles. The summed E-state index contributed by atoms with van der Waals surface area (Å²) in [5, 5.41) is 35.6. The maximum Gasteiger partial charge on any atom is 0.126 e. The van der Waals surface area contributed by atoms with Crippen LogP contribution in [0.3, 0.4) is 0 Å². The molecule has 0 radical (unpaired) electrons. The Kier molecular flexibility index (Phi) is 10.0. The third-order valence-electron chi connectivity index (χ3n) is 7.76. The summed E-state index contributed by atoms with van der Waals surface area (Å²) in [5.74, 6) is 0.683. The summed E-state index contributed by atoms with van der Waals surface area (Å²) in [6.45, 7) is 0.450. The first-order valence-electron chi connectivity index (χ1n) is 14.2. The lowest BCUT2D eigenvalue weighted by molar-refractivity contribution is -0.301. The maximum atomic E-state index is 12.7. The molecular formula is C35H38O7. The fraction of sp³-hybridized carbons (Fsp3) is 0.314. The van der Waals surface area contributed by atoms with Crippen LogP contribution in [0.5, 0.6) is 5.75 Å². The van der Waals surface area contributed by atoms with Crippen LogP contribution in [0.15, 0.2) is 115 Å². The third-order valence-corrected chi connectivity index (χ3v) is 7.76. The van der Waals surface area contributed by atoms with Gasteiger partial charge in [-0.3, -0.25) is 0 Å². The summed E-state index contributed by atoms with van der Waals surface area (Å²) in [6, 6.07) is 36.0. The van der Waals surface area contributed by atoms with E-state index >= 15 is 0 Å². The molecule has 0 bridgehead atoms. The molecule has 1 fully saturated rings. The number of benzene rings is 4. The van der Waals surface area contributed by atoms with Crippen molar-refractivity contribution in [3.63, 3.8) is 0 Å². The van der Waals surface area contributed by atoms with Crippen LogP contribution >= 0.6 is 0 Å². The van der Waals surface area contributed by atoms with E-state index in [9.17, 15) is 15.3 Å². The zero-order chi connectivity index (χ0) is 29.4. The Morgan fingerprint density at radius 2 is 1.00 bits per heavy atom. The highest BCUT2D eigenvalue weighted by Crippen LogP contribution is 2.39. The molecule has 0 spiro atoms. The SMILES string of the molecule is COc1ccc(C[C@@]2(O)[C@@H](OCc3ccccc3)[C@H](O)[C@@H](O)[C@H](OCc3ccccc3)[C@@H]2OCc2ccccc2)cc1. The highest BCUT2D eigenvalue weighted by Gasteiger charge is 2.60. The quantitative estimate of drug-likeness (QED) is 0.231. The summed E-state index contributed by atoms with van der Waals surface area (Å²) in [5.41, 5.74) is 1.66. The molecule has 1 aliphatic rings. The van der Waals surface area contributed by atoms with E-state index in [-0.39, 0.29) is 26.2 Å². The standard InChI is InChI=1S/C35H38O7/c1-39-29-19-17-25(18-20-29)21-35(38)33(41-23-27-13-7-3-8-14-27)31(37)30(36)32(40-22-26-11-5-2-6-12-26)34(35)42-24-28-15-9-4-10-16-28/h2-20,30-34,36-38H,21-24H2,1H3/t30-,31-,32+,33+,34+,35-/m1/s1. The summed E-state index contributed by atoms with van der Waals surface area (Å²) >= 11 is 0. The molecule has 3 N–H and O–H groups in total. The topological polar surface area (TPSA) is 97.6 Å². The summed E-state index contributed by atoms with van der Waals surface area (Å²) in [6.07, 6.45) is -6.05. The van der Waals surface area contributed by atoms with Crippen LogP contribution in [-0.2, 0) is 40.5 Å². The Hall–Kier alpha value is -3.56. The number of methoxy groups -OCH3 is 1. The molecule has 0 aromatic heterocycles. The van der Waals surface area contributed by atoms with E-state index in [0.29, 0.717) is 5.75 Å². The summed E-state index contributed by atoms with van der Waals surface area (Å²) in [4.78, 5) is 0. The van der Waals surface area contributed by atoms with Crippen LogP contribution in [0.4, 0.5) is 0 Å². The lowest BCUT2D eigenvalue weighted by Crippen LogP contribution is -2.73. The number of ether oxygens (including phenoxy) is 4. The van der Waals surface area contributed by atoms with Gasteiger partial charge in [-0.2, -0.15) is 0 Å². The highest BCUT2D eigenvalue weighted by atomic mass is 16.6. The minimum absolute atomic E-state index is 0.0743. The average molecular weight is 571 g/mol. The Bertz CT molecular complexity index is 1350. The first kappa shape index (κ1) is 29.9. The van der Waals surface area contributed by atoms with Crippen molar-refractivity contribution in [1.82, 2.24) is 0 Å². The Balaban J connectivity index is 1.51. The molecule has 0 amide bonds. The number of hydrogen-bond acceptors (Lipinski definition) is 7. The number of aliphatic hydroxyl groups is 3. The Morgan fingerprint density at radius 1 is 0.548 bits per heavy atom. The van der Waals surface area contributed by atoms with Crippen LogP contribution in [0.2, 0.25) is 0 Å². The zero-order valence-electron chi connectivity index (χ0n) is 23.7. The molecule has 4 aromatic carbocycles. The van der Waals surface area contributed by atoms with Crippen LogP contribution in [-0.4, -0.2) is 58.6 Å². The van der Waals surface area contributed by atoms with Gasteiger partial charge in [-0.05, 0) is 34.4 Å². The fourth-order valence-corrected chi connectivity index (χ4v) is 5.52. The van der Waals surface area contributed by atoms with E-state index in [0.717, 1.165) is 22.3 Å². The number of hydrogen-bond donors (Lipinski definition) is 3. The molecule has 4 aromatic rings. The van der Waals surface area contributed by atoms with Crippen LogP contribution in [0.1, 0.15) is 22.3 Å². The van der Waals surface area contributed by atoms with E-state index < -0.39 is 36.1 Å². The van der Waals surface area contributed by atoms with Crippen molar-refractivity contribution < 1.29 is 34.3 Å². The van der Waals surface area contributed by atoms with Gasteiger partial charge in [0.15, 0.2) is 0 Å². The van der Waals surface area contributed by atoms with Gasteiger partial charge in [0, 0.05) is 6.42 Å². The van der Waals surface area contributed by atoms with Crippen molar-refractivity contribution in [2.75, 3.05) is 7.11 Å². The first-order valence-corrected chi connectivity index (χ1v) is 14.2. The number of rotatable bonds is 12. The zero-order valence-corrected chi connectivity index (χ0v) is 23.7. The normalized spacial score (nSPS) is 25.7. The maximum absolute atomic E-state index is 12.7. The molecule has 220 valence electrons. The molecular weight excluding hydrogens is 532 g/mol. The second kappa shape index (κ2) is 14.1. The van der Waals surface area contributed by atoms with E-state index in [1.165, 1.54) is 0 Å². The van der Waals surface area contributed by atoms with Crippen molar-refractivity contribution >= 4 is 0 Å². The van der Waals surface area contributed by atoms with Gasteiger partial charge in [0.25, 0.3) is 0 Å². The molecule has 1 aliphatic carbocycles. The van der Waals surface area contributed by atoms with Crippen molar-refractivity contribution in [3.05, 3.63) is 138 Å². The van der Waals surface area contributed by atoms with Gasteiger partial charge >= 0.3 is 0 Å². The van der Waals surface area contributed by atoms with Crippen LogP contribution in [0, 0.1) is 0 Å². The van der Waals surface area contributed by atoms with Crippen LogP contribution in [0.25, 0.3) is 0 Å². The Labute approximate surface area is 246 Å². The molecule has 6 atom stereocenters. The minimum Gasteiger partial charge on any atom is -0.497 e. The second-order valence-corrected chi connectivity index (χ2v) is 10.7. The van der Waals surface area contributed by atoms with E-state index in [4.69, 9.17) is 18.9 Å². The van der Waals surface area contributed by atoms with Crippen molar-refractivity contribution in [3.8, 4) is 5.75 Å². The predicted octanol–water partition coefficient (Wildman–Crippen LogP) is 4.46. The van der Waals surface area contributed by atoms with Gasteiger partial charge in [0.05, 0.1) is 26.9 Å². The molecule has 7 heteroatoms. The second-order valence-electron chi connectivity index (χ2n) is 10.7. The lowest BCUT2D eigenvalue weighted by atomic mass is 9.71. The molecule has 7 nitrogen and oxygen atoms in total. The Morgan fingerprint density at radius 3 is 1.48 bits per heavy atom. The van der Waals surface area contributed by atoms with Crippen molar-refractivity contribution in [2.24, 2.45) is 0 Å². The molecule has 0 saturated heterocycles. The van der Waals surface area contributed by atoms with Gasteiger partial charge in [0.2, 0.25) is 0 Å². The largest absolute Gasteiger partial charge is 0.497 e. The predicted molar refractivity (Wildman–Crippen MR) is 159 cm³/mol. The smallest absolute Gasteiger partial charge is 0.126 e. The number of aliphatic hydroxyl groups excluding tert-OH is 2. The molecule has 0 aliphatic heterocycles. The lowest BCUT2D eigenvalue weighted by Gasteiger charge is -2.52. The fourth-order valence-electron chi connectivity index (χ4n) is 5.52. The van der Waals surface area contributed by atoms with Gasteiger partial charge in [-0.1, -0.05) is 103 Å². The summed E-state index contributed by atoms with van der Waals surface area (Å²) in [7, 11) is 1.59. The third kappa shape index (κ3) is 7.07. The van der Waals surface area contributed by atoms with Gasteiger partial charge < -0.3 is 34.3 Å². The van der Waals surface area contributed by atoms with Crippen LogP contribution < -0.4 is 4.74 Å².